The molecule has 7 nitrogen and oxygen atoms in total. The highest BCUT2D eigenvalue weighted by Crippen LogP contribution is 2.30. The Labute approximate surface area is 176 Å². The number of hydrogen-bond acceptors (Lipinski definition) is 7. The fourth-order valence-electron chi connectivity index (χ4n) is 3.08. The lowest BCUT2D eigenvalue weighted by atomic mass is 10.2. The number of furan rings is 1. The van der Waals surface area contributed by atoms with Crippen LogP contribution in [0.1, 0.15) is 39.4 Å². The maximum atomic E-state index is 13.1. The third-order valence-corrected chi connectivity index (χ3v) is 6.34. The van der Waals surface area contributed by atoms with E-state index in [1.807, 2.05) is 61.0 Å². The number of fused-ring (bicyclic) bond motifs is 1. The molecule has 0 aliphatic rings. The number of nitrogens with zero attached hydrogens (tertiary/aromatic N) is 4. The van der Waals surface area contributed by atoms with Gasteiger partial charge in [-0.1, -0.05) is 6.07 Å². The van der Waals surface area contributed by atoms with Gasteiger partial charge in [0.1, 0.15) is 10.6 Å². The molecule has 1 amide bonds. The molecule has 4 aromatic rings. The van der Waals surface area contributed by atoms with Gasteiger partial charge < -0.3 is 9.73 Å². The molecule has 1 unspecified atom stereocenters. The van der Waals surface area contributed by atoms with Crippen molar-refractivity contribution >= 4 is 34.7 Å². The number of carbonyl (C=O) groups excluding carboxylic acids is 1. The van der Waals surface area contributed by atoms with Crippen LogP contribution >= 0.6 is 23.1 Å². The Bertz CT molecular complexity index is 1150. The summed E-state index contributed by atoms with van der Waals surface area (Å²) in [6, 6.07) is 9.26. The third kappa shape index (κ3) is 4.06. The summed E-state index contributed by atoms with van der Waals surface area (Å²) in [5, 5.41) is 12.4. The second-order valence-electron chi connectivity index (χ2n) is 6.64. The third-order valence-electron chi connectivity index (χ3n) is 4.52. The van der Waals surface area contributed by atoms with Crippen molar-refractivity contribution in [3.8, 4) is 10.8 Å². The molecule has 0 spiro atoms. The first-order valence-electron chi connectivity index (χ1n) is 9.20. The van der Waals surface area contributed by atoms with Gasteiger partial charge in [0.15, 0.2) is 22.2 Å². The van der Waals surface area contributed by atoms with Crippen LogP contribution in [0.5, 0.6) is 0 Å². The second-order valence-corrected chi connectivity index (χ2v) is 8.62. The van der Waals surface area contributed by atoms with E-state index in [-0.39, 0.29) is 11.9 Å². The van der Waals surface area contributed by atoms with E-state index in [2.05, 4.69) is 20.5 Å². The largest absolute Gasteiger partial charge is 0.459 e. The average Bonchev–Trinajstić information content (AvgIpc) is 3.43. The van der Waals surface area contributed by atoms with Gasteiger partial charge in [-0.2, -0.15) is 11.8 Å². The number of thioether (sulfide) groups is 1. The van der Waals surface area contributed by atoms with E-state index in [1.165, 1.54) is 11.3 Å². The SMILES string of the molecule is CSCCC(NC(=O)c1sc(-c2ccc(C)o2)nc1C)c1nnc2ccccn12. The van der Waals surface area contributed by atoms with E-state index in [1.54, 1.807) is 11.8 Å². The van der Waals surface area contributed by atoms with Gasteiger partial charge in [0, 0.05) is 6.20 Å². The molecule has 0 aliphatic carbocycles. The lowest BCUT2D eigenvalue weighted by molar-refractivity contribution is 0.0937. The van der Waals surface area contributed by atoms with Gasteiger partial charge in [-0.05, 0) is 56.5 Å². The van der Waals surface area contributed by atoms with E-state index in [9.17, 15) is 4.79 Å². The Balaban J connectivity index is 1.61. The van der Waals surface area contributed by atoms with Crippen LogP contribution in [0, 0.1) is 13.8 Å². The average molecular weight is 428 g/mol. The summed E-state index contributed by atoms with van der Waals surface area (Å²) in [4.78, 5) is 18.2. The van der Waals surface area contributed by atoms with Crippen LogP contribution in [-0.4, -0.2) is 37.5 Å². The summed E-state index contributed by atoms with van der Waals surface area (Å²) in [6.07, 6.45) is 4.72. The zero-order valence-corrected chi connectivity index (χ0v) is 18.0. The van der Waals surface area contributed by atoms with Crippen molar-refractivity contribution in [2.24, 2.45) is 0 Å². The predicted octanol–water partition coefficient (Wildman–Crippen LogP) is 4.29. The first kappa shape index (κ1) is 19.7. The topological polar surface area (TPSA) is 85.3 Å². The van der Waals surface area contributed by atoms with Crippen LogP contribution in [-0.2, 0) is 0 Å². The zero-order chi connectivity index (χ0) is 20.4. The summed E-state index contributed by atoms with van der Waals surface area (Å²) in [5.41, 5.74) is 1.45. The van der Waals surface area contributed by atoms with Gasteiger partial charge in [-0.25, -0.2) is 4.98 Å². The molecule has 0 aliphatic heterocycles. The molecule has 0 saturated carbocycles. The first-order chi connectivity index (χ1) is 14.1. The molecule has 150 valence electrons. The molecular weight excluding hydrogens is 406 g/mol. The van der Waals surface area contributed by atoms with Crippen molar-refractivity contribution in [1.29, 1.82) is 0 Å². The molecule has 1 atom stereocenters. The van der Waals surface area contributed by atoms with Crippen LogP contribution in [0.2, 0.25) is 0 Å². The van der Waals surface area contributed by atoms with Crippen molar-refractivity contribution < 1.29 is 9.21 Å². The Morgan fingerprint density at radius 1 is 1.28 bits per heavy atom. The van der Waals surface area contributed by atoms with Gasteiger partial charge in [-0.15, -0.1) is 21.5 Å². The molecular formula is C20H21N5O2S2. The maximum Gasteiger partial charge on any atom is 0.263 e. The molecule has 0 aromatic carbocycles. The van der Waals surface area contributed by atoms with Crippen molar-refractivity contribution in [2.45, 2.75) is 26.3 Å². The number of carbonyl (C=O) groups is 1. The molecule has 0 fully saturated rings. The van der Waals surface area contributed by atoms with E-state index in [0.717, 1.165) is 29.4 Å². The molecule has 29 heavy (non-hydrogen) atoms. The van der Waals surface area contributed by atoms with E-state index < -0.39 is 0 Å². The summed E-state index contributed by atoms with van der Waals surface area (Å²) < 4.78 is 7.57. The molecule has 9 heteroatoms. The summed E-state index contributed by atoms with van der Waals surface area (Å²) >= 11 is 3.07. The second kappa shape index (κ2) is 8.38. The Morgan fingerprint density at radius 3 is 2.90 bits per heavy atom. The van der Waals surface area contributed by atoms with E-state index in [0.29, 0.717) is 21.3 Å². The lowest BCUT2D eigenvalue weighted by Gasteiger charge is -2.16. The van der Waals surface area contributed by atoms with Crippen molar-refractivity contribution in [3.05, 3.63) is 58.7 Å². The van der Waals surface area contributed by atoms with E-state index >= 15 is 0 Å². The fourth-order valence-corrected chi connectivity index (χ4v) is 4.49. The van der Waals surface area contributed by atoms with Crippen LogP contribution in [0.3, 0.4) is 0 Å². The van der Waals surface area contributed by atoms with Gasteiger partial charge >= 0.3 is 0 Å². The number of aryl methyl sites for hydroxylation is 2. The molecule has 1 N–H and O–H groups in total. The standard InChI is InChI=1S/C20H21N5O2S2/c1-12-7-8-15(27-12)20-21-13(2)17(29-20)19(26)22-14(9-11-28-3)18-24-23-16-6-4-5-10-25(16)18/h4-8,10,14H,9,11H2,1-3H3,(H,22,26). The van der Waals surface area contributed by atoms with Crippen molar-refractivity contribution in [3.63, 3.8) is 0 Å². The van der Waals surface area contributed by atoms with Crippen molar-refractivity contribution in [1.82, 2.24) is 24.9 Å². The Hall–Kier alpha value is -2.65. The normalized spacial score (nSPS) is 12.4. The number of pyridine rings is 1. The van der Waals surface area contributed by atoms with Gasteiger partial charge in [0.2, 0.25) is 0 Å². The highest BCUT2D eigenvalue weighted by molar-refractivity contribution is 7.98. The van der Waals surface area contributed by atoms with Gasteiger partial charge in [0.25, 0.3) is 5.91 Å². The molecule has 0 radical (unpaired) electrons. The van der Waals surface area contributed by atoms with Crippen LogP contribution in [0.4, 0.5) is 0 Å². The quantitative estimate of drug-likeness (QED) is 0.474. The number of rotatable bonds is 7. The number of aromatic nitrogens is 4. The predicted molar refractivity (Wildman–Crippen MR) is 115 cm³/mol. The maximum absolute atomic E-state index is 13.1. The number of nitrogens with one attached hydrogen (secondary N) is 1. The fraction of sp³-hybridized carbons (Fsp3) is 0.300. The Morgan fingerprint density at radius 2 is 2.14 bits per heavy atom. The highest BCUT2D eigenvalue weighted by atomic mass is 32.2. The van der Waals surface area contributed by atoms with Crippen LogP contribution in [0.25, 0.3) is 16.4 Å². The molecule has 4 heterocycles. The Kier molecular flexibility index (Phi) is 5.68. The zero-order valence-electron chi connectivity index (χ0n) is 16.4. The summed E-state index contributed by atoms with van der Waals surface area (Å²) in [5.74, 6) is 2.96. The summed E-state index contributed by atoms with van der Waals surface area (Å²) in [7, 11) is 0. The smallest absolute Gasteiger partial charge is 0.263 e. The number of hydrogen-bond donors (Lipinski definition) is 1. The minimum absolute atomic E-state index is 0.159. The summed E-state index contributed by atoms with van der Waals surface area (Å²) in [6.45, 7) is 3.73. The molecule has 4 aromatic heterocycles. The minimum atomic E-state index is -0.247. The first-order valence-corrected chi connectivity index (χ1v) is 11.4. The number of thiazole rings is 1. The van der Waals surface area contributed by atoms with Gasteiger partial charge in [0.05, 0.1) is 11.7 Å². The van der Waals surface area contributed by atoms with Crippen molar-refractivity contribution in [2.75, 3.05) is 12.0 Å². The van der Waals surface area contributed by atoms with Gasteiger partial charge in [-0.3, -0.25) is 9.20 Å². The minimum Gasteiger partial charge on any atom is -0.459 e. The molecule has 0 saturated heterocycles. The number of amides is 1. The van der Waals surface area contributed by atoms with Crippen LogP contribution < -0.4 is 5.32 Å². The highest BCUT2D eigenvalue weighted by Gasteiger charge is 2.24. The molecule has 0 bridgehead atoms. The van der Waals surface area contributed by atoms with E-state index in [4.69, 9.17) is 4.42 Å². The molecule has 4 rings (SSSR count). The lowest BCUT2D eigenvalue weighted by Crippen LogP contribution is -2.30. The monoisotopic (exact) mass is 427 g/mol. The van der Waals surface area contributed by atoms with Crippen LogP contribution in [0.15, 0.2) is 40.9 Å².